The third kappa shape index (κ3) is 2.42. The van der Waals surface area contributed by atoms with Gasteiger partial charge >= 0.3 is 5.97 Å². The van der Waals surface area contributed by atoms with Gasteiger partial charge in [0, 0.05) is 4.47 Å². The molecule has 0 heterocycles. The van der Waals surface area contributed by atoms with Crippen molar-refractivity contribution in [3.05, 3.63) is 28.2 Å². The number of anilines is 1. The van der Waals surface area contributed by atoms with Gasteiger partial charge in [-0.3, -0.25) is 9.59 Å². The third-order valence-corrected chi connectivity index (χ3v) is 4.09. The van der Waals surface area contributed by atoms with Gasteiger partial charge < -0.3 is 10.4 Å². The first kappa shape index (κ1) is 14.9. The van der Waals surface area contributed by atoms with Crippen LogP contribution in [0.1, 0.15) is 13.8 Å². The van der Waals surface area contributed by atoms with Crippen molar-refractivity contribution in [1.29, 1.82) is 0 Å². The minimum absolute atomic E-state index is 0.209. The van der Waals surface area contributed by atoms with Crippen molar-refractivity contribution in [3.8, 4) is 0 Å². The summed E-state index contributed by atoms with van der Waals surface area (Å²) in [6.07, 6.45) is 0. The fourth-order valence-corrected chi connectivity index (χ4v) is 2.85. The van der Waals surface area contributed by atoms with Crippen molar-refractivity contribution >= 4 is 33.5 Å². The number of carbonyl (C=O) groups is 2. The van der Waals surface area contributed by atoms with Crippen LogP contribution in [0.25, 0.3) is 0 Å². The van der Waals surface area contributed by atoms with Crippen LogP contribution in [0.2, 0.25) is 0 Å². The molecule has 0 bridgehead atoms. The molecule has 0 aromatic heterocycles. The molecule has 1 aromatic rings. The van der Waals surface area contributed by atoms with Crippen molar-refractivity contribution in [1.82, 2.24) is 0 Å². The zero-order valence-electron chi connectivity index (χ0n) is 10.7. The SMILES string of the molecule is CC1(C)C(C(=O)O)C1C(=O)Nc1c(F)cc(Br)cc1F. The van der Waals surface area contributed by atoms with E-state index in [1.165, 1.54) is 0 Å². The number of hydrogen-bond acceptors (Lipinski definition) is 2. The summed E-state index contributed by atoms with van der Waals surface area (Å²) in [5, 5.41) is 11.1. The summed E-state index contributed by atoms with van der Waals surface area (Å²) >= 11 is 2.93. The van der Waals surface area contributed by atoms with Gasteiger partial charge in [0.25, 0.3) is 0 Å². The molecule has 1 aliphatic rings. The van der Waals surface area contributed by atoms with Crippen molar-refractivity contribution in [2.75, 3.05) is 5.32 Å². The van der Waals surface area contributed by atoms with Gasteiger partial charge in [-0.2, -0.15) is 0 Å². The summed E-state index contributed by atoms with van der Waals surface area (Å²) in [5.41, 5.74) is -1.29. The van der Waals surface area contributed by atoms with Gasteiger partial charge in [-0.25, -0.2) is 8.78 Å². The molecule has 0 spiro atoms. The Bertz CT molecular complexity index is 580. The van der Waals surface area contributed by atoms with Crippen LogP contribution >= 0.6 is 15.9 Å². The number of halogens is 3. The molecule has 0 radical (unpaired) electrons. The molecule has 4 nitrogen and oxygen atoms in total. The molecule has 0 aliphatic heterocycles. The van der Waals surface area contributed by atoms with E-state index in [1.807, 2.05) is 0 Å². The Morgan fingerprint density at radius 3 is 2.15 bits per heavy atom. The van der Waals surface area contributed by atoms with E-state index in [2.05, 4.69) is 21.2 Å². The molecule has 0 saturated heterocycles. The lowest BCUT2D eigenvalue weighted by Crippen LogP contribution is -2.19. The minimum Gasteiger partial charge on any atom is -0.481 e. The maximum absolute atomic E-state index is 13.6. The number of aliphatic carboxylic acids is 1. The third-order valence-electron chi connectivity index (χ3n) is 3.63. The van der Waals surface area contributed by atoms with E-state index in [1.54, 1.807) is 13.8 Å². The van der Waals surface area contributed by atoms with Gasteiger partial charge in [0.05, 0.1) is 11.8 Å². The number of carboxylic acid groups (broad SMARTS) is 1. The van der Waals surface area contributed by atoms with Gasteiger partial charge in [0.1, 0.15) is 5.69 Å². The van der Waals surface area contributed by atoms with E-state index in [0.717, 1.165) is 12.1 Å². The number of carboxylic acids is 1. The van der Waals surface area contributed by atoms with Gasteiger partial charge in [-0.05, 0) is 17.5 Å². The first-order valence-corrected chi connectivity index (χ1v) is 6.63. The highest BCUT2D eigenvalue weighted by atomic mass is 79.9. The molecule has 7 heteroatoms. The standard InChI is InChI=1S/C13H12BrF2NO3/c1-13(2)8(9(13)12(19)20)11(18)17-10-6(15)3-5(14)4-7(10)16/h3-4,8-9H,1-2H3,(H,17,18)(H,19,20). The second-order valence-electron chi connectivity index (χ2n) is 5.35. The monoisotopic (exact) mass is 347 g/mol. The molecule has 2 N–H and O–H groups in total. The van der Waals surface area contributed by atoms with E-state index < -0.39 is 46.4 Å². The Morgan fingerprint density at radius 1 is 1.25 bits per heavy atom. The van der Waals surface area contributed by atoms with Crippen molar-refractivity contribution in [2.24, 2.45) is 17.3 Å². The Kier molecular flexibility index (Phi) is 3.58. The molecule has 1 aromatic carbocycles. The second kappa shape index (κ2) is 4.80. The fraction of sp³-hybridized carbons (Fsp3) is 0.385. The van der Waals surface area contributed by atoms with Crippen LogP contribution in [0.15, 0.2) is 16.6 Å². The van der Waals surface area contributed by atoms with Gasteiger partial charge in [0.2, 0.25) is 5.91 Å². The van der Waals surface area contributed by atoms with E-state index in [4.69, 9.17) is 5.11 Å². The number of hydrogen-bond donors (Lipinski definition) is 2. The summed E-state index contributed by atoms with van der Waals surface area (Å²) in [5.74, 6) is -5.27. The van der Waals surface area contributed by atoms with E-state index in [9.17, 15) is 18.4 Å². The highest BCUT2D eigenvalue weighted by Crippen LogP contribution is 2.58. The molecular formula is C13H12BrF2NO3. The molecular weight excluding hydrogens is 336 g/mol. The topological polar surface area (TPSA) is 66.4 Å². The second-order valence-corrected chi connectivity index (χ2v) is 6.26. The Balaban J connectivity index is 2.20. The van der Waals surface area contributed by atoms with Crippen LogP contribution in [-0.4, -0.2) is 17.0 Å². The van der Waals surface area contributed by atoms with E-state index in [0.29, 0.717) is 0 Å². The molecule has 108 valence electrons. The first-order valence-electron chi connectivity index (χ1n) is 5.84. The summed E-state index contributed by atoms with van der Waals surface area (Å²) < 4.78 is 27.4. The summed E-state index contributed by atoms with van der Waals surface area (Å²) in [7, 11) is 0. The van der Waals surface area contributed by atoms with Crippen LogP contribution in [0.3, 0.4) is 0 Å². The van der Waals surface area contributed by atoms with Gasteiger partial charge in [0.15, 0.2) is 11.6 Å². The van der Waals surface area contributed by atoms with Crippen molar-refractivity contribution in [2.45, 2.75) is 13.8 Å². The largest absolute Gasteiger partial charge is 0.481 e. The molecule has 20 heavy (non-hydrogen) atoms. The molecule has 1 amide bonds. The average molecular weight is 348 g/mol. The molecule has 2 atom stereocenters. The maximum Gasteiger partial charge on any atom is 0.307 e. The van der Waals surface area contributed by atoms with Gasteiger partial charge in [-0.1, -0.05) is 29.8 Å². The number of amides is 1. The predicted molar refractivity (Wildman–Crippen MR) is 71.1 cm³/mol. The van der Waals surface area contributed by atoms with Crippen LogP contribution < -0.4 is 5.32 Å². The average Bonchev–Trinajstić information content (AvgIpc) is 2.86. The summed E-state index contributed by atoms with van der Waals surface area (Å²) in [6, 6.07) is 2.04. The zero-order chi connectivity index (χ0) is 15.2. The predicted octanol–water partition coefficient (Wildman–Crippen LogP) is 3.02. The van der Waals surface area contributed by atoms with E-state index in [-0.39, 0.29) is 4.47 Å². The normalized spacial score (nSPS) is 23.2. The highest BCUT2D eigenvalue weighted by molar-refractivity contribution is 9.10. The van der Waals surface area contributed by atoms with Crippen LogP contribution in [0, 0.1) is 28.9 Å². The minimum atomic E-state index is -1.09. The molecule has 1 saturated carbocycles. The Labute approximate surface area is 122 Å². The fourth-order valence-electron chi connectivity index (χ4n) is 2.45. The molecule has 1 fully saturated rings. The van der Waals surface area contributed by atoms with Crippen LogP contribution in [-0.2, 0) is 9.59 Å². The zero-order valence-corrected chi connectivity index (χ0v) is 12.3. The summed E-state index contributed by atoms with van der Waals surface area (Å²) in [4.78, 5) is 23.0. The quantitative estimate of drug-likeness (QED) is 0.883. The lowest BCUT2D eigenvalue weighted by atomic mass is 10.1. The first-order chi connectivity index (χ1) is 9.16. The van der Waals surface area contributed by atoms with Gasteiger partial charge in [-0.15, -0.1) is 0 Å². The van der Waals surface area contributed by atoms with E-state index >= 15 is 0 Å². The lowest BCUT2D eigenvalue weighted by molar-refractivity contribution is -0.140. The smallest absolute Gasteiger partial charge is 0.307 e. The molecule has 1 aliphatic carbocycles. The number of benzene rings is 1. The highest BCUT2D eigenvalue weighted by Gasteiger charge is 2.66. The molecule has 2 unspecified atom stereocenters. The van der Waals surface area contributed by atoms with Crippen LogP contribution in [0.5, 0.6) is 0 Å². The summed E-state index contributed by atoms with van der Waals surface area (Å²) in [6.45, 7) is 3.26. The van der Waals surface area contributed by atoms with Crippen LogP contribution in [0.4, 0.5) is 14.5 Å². The lowest BCUT2D eigenvalue weighted by Gasteiger charge is -2.08. The Hall–Kier alpha value is -1.50. The van der Waals surface area contributed by atoms with Crippen molar-refractivity contribution in [3.63, 3.8) is 0 Å². The number of carbonyl (C=O) groups excluding carboxylic acids is 1. The van der Waals surface area contributed by atoms with Crippen molar-refractivity contribution < 1.29 is 23.5 Å². The maximum atomic E-state index is 13.6. The number of nitrogens with one attached hydrogen (secondary N) is 1. The Morgan fingerprint density at radius 2 is 1.75 bits per heavy atom. The number of rotatable bonds is 3. The molecule has 2 rings (SSSR count).